The van der Waals surface area contributed by atoms with Crippen molar-refractivity contribution in [1.29, 1.82) is 0 Å². The van der Waals surface area contributed by atoms with E-state index in [0.29, 0.717) is 0 Å². The molecule has 1 heteroatoms. The largest absolute Gasteiger partial charge is 0.392 e. The van der Waals surface area contributed by atoms with E-state index in [1.54, 1.807) is 0 Å². The average Bonchev–Trinajstić information content (AvgIpc) is 2.88. The van der Waals surface area contributed by atoms with Crippen LogP contribution in [0.25, 0.3) is 0 Å². The Hall–Kier alpha value is -2.12. The van der Waals surface area contributed by atoms with Crippen LogP contribution in [0.2, 0.25) is 0 Å². The van der Waals surface area contributed by atoms with E-state index in [1.165, 1.54) is 57.4 Å². The van der Waals surface area contributed by atoms with Crippen LogP contribution in [0, 0.1) is 5.41 Å². The minimum absolute atomic E-state index is 0.0847. The Morgan fingerprint density at radius 3 is 1.54 bits per heavy atom. The summed E-state index contributed by atoms with van der Waals surface area (Å²) in [4.78, 5) is 0. The van der Waals surface area contributed by atoms with Gasteiger partial charge in [-0.2, -0.15) is 0 Å². The number of rotatable bonds is 17. The summed E-state index contributed by atoms with van der Waals surface area (Å²) in [5, 5.41) is 10.5. The van der Waals surface area contributed by atoms with Crippen LogP contribution in [0.1, 0.15) is 146 Å². The van der Waals surface area contributed by atoms with Crippen molar-refractivity contribution in [1.82, 2.24) is 0 Å². The van der Waals surface area contributed by atoms with Crippen molar-refractivity contribution in [3.05, 3.63) is 93.2 Å². The second-order valence-corrected chi connectivity index (χ2v) is 13.5. The molecule has 0 fully saturated rings. The molecule has 0 aromatic rings. The second kappa shape index (κ2) is 19.9. The Balaban J connectivity index is 2.36. The highest BCUT2D eigenvalue weighted by molar-refractivity contribution is 5.26. The smallest absolute Gasteiger partial charge is 0.0631 e. The van der Waals surface area contributed by atoms with E-state index in [-0.39, 0.29) is 11.5 Å². The molecule has 0 radical (unpaired) electrons. The van der Waals surface area contributed by atoms with Crippen molar-refractivity contribution >= 4 is 0 Å². The first-order valence-electron chi connectivity index (χ1n) is 16.3. The SMILES string of the molecule is CC(C)=CCCC(C)=CCCC(C)=CCCC(C)=CC=CC=C(C)CCC=C(C)CCC1=C(C)CCC(O)C1(C)C. The first kappa shape index (κ1) is 36.9. The highest BCUT2D eigenvalue weighted by atomic mass is 16.3. The first-order chi connectivity index (χ1) is 19.3. The molecule has 1 nitrogen and oxygen atoms in total. The Morgan fingerprint density at radius 1 is 0.659 bits per heavy atom. The van der Waals surface area contributed by atoms with E-state index in [0.717, 1.165) is 64.2 Å². The molecule has 0 saturated heterocycles. The Morgan fingerprint density at radius 2 is 1.07 bits per heavy atom. The number of hydrogen-bond donors (Lipinski definition) is 1. The van der Waals surface area contributed by atoms with E-state index in [1.807, 2.05) is 0 Å². The van der Waals surface area contributed by atoms with E-state index in [9.17, 15) is 5.11 Å². The zero-order chi connectivity index (χ0) is 30.8. The van der Waals surface area contributed by atoms with Gasteiger partial charge in [-0.3, -0.25) is 0 Å². The Bertz CT molecular complexity index is 1040. The standard InChI is InChI=1S/C40H64O/c1-31(2)17-13-20-34(5)23-15-25-35(6)24-14-21-32(3)18-11-12-19-33(4)22-16-26-36(7)27-29-38-37(8)28-30-39(41)40(38,9)10/h11-12,17-19,23-24,26,39,41H,13-16,20-22,25,27-30H2,1-10H3. The monoisotopic (exact) mass is 560 g/mol. The molecule has 1 aliphatic carbocycles. The van der Waals surface area contributed by atoms with Crippen molar-refractivity contribution in [2.75, 3.05) is 0 Å². The predicted molar refractivity (Wildman–Crippen MR) is 185 cm³/mol. The Kier molecular flexibility index (Phi) is 17.9. The summed E-state index contributed by atoms with van der Waals surface area (Å²) in [6.45, 7) is 22.3. The highest BCUT2D eigenvalue weighted by Crippen LogP contribution is 2.43. The van der Waals surface area contributed by atoms with Crippen molar-refractivity contribution in [2.45, 2.75) is 152 Å². The fourth-order valence-corrected chi connectivity index (χ4v) is 5.61. The quantitative estimate of drug-likeness (QED) is 0.138. The van der Waals surface area contributed by atoms with E-state index < -0.39 is 0 Å². The van der Waals surface area contributed by atoms with Gasteiger partial charge in [-0.15, -0.1) is 0 Å². The zero-order valence-electron chi connectivity index (χ0n) is 28.6. The lowest BCUT2D eigenvalue weighted by Gasteiger charge is -2.39. The van der Waals surface area contributed by atoms with E-state index >= 15 is 0 Å². The molecular formula is C40H64O. The summed E-state index contributed by atoms with van der Waals surface area (Å²) in [5.41, 5.74) is 11.6. The lowest BCUT2D eigenvalue weighted by molar-refractivity contribution is 0.0558. The molecule has 0 heterocycles. The number of allylic oxidation sites excluding steroid dienone is 15. The van der Waals surface area contributed by atoms with Gasteiger partial charge in [0.1, 0.15) is 0 Å². The molecule has 1 N–H and O–H groups in total. The maximum Gasteiger partial charge on any atom is 0.0631 e. The molecule has 0 aromatic carbocycles. The third-order valence-corrected chi connectivity index (χ3v) is 8.75. The van der Waals surface area contributed by atoms with Gasteiger partial charge in [-0.05, 0) is 132 Å². The van der Waals surface area contributed by atoms with Gasteiger partial charge in [0, 0.05) is 5.41 Å². The molecule has 1 unspecified atom stereocenters. The van der Waals surface area contributed by atoms with Gasteiger partial charge >= 0.3 is 0 Å². The molecular weight excluding hydrogens is 496 g/mol. The molecule has 41 heavy (non-hydrogen) atoms. The van der Waals surface area contributed by atoms with Crippen LogP contribution in [-0.2, 0) is 0 Å². The lowest BCUT2D eigenvalue weighted by Crippen LogP contribution is -2.35. The third kappa shape index (κ3) is 16.2. The van der Waals surface area contributed by atoms with Crippen LogP contribution in [0.15, 0.2) is 93.2 Å². The predicted octanol–water partition coefficient (Wildman–Crippen LogP) is 12.6. The van der Waals surface area contributed by atoms with Crippen LogP contribution in [0.5, 0.6) is 0 Å². The maximum absolute atomic E-state index is 10.5. The second-order valence-electron chi connectivity index (χ2n) is 13.5. The fourth-order valence-electron chi connectivity index (χ4n) is 5.61. The van der Waals surface area contributed by atoms with E-state index in [2.05, 4.69) is 118 Å². The maximum atomic E-state index is 10.5. The summed E-state index contributed by atoms with van der Waals surface area (Å²) in [5.74, 6) is 0. The van der Waals surface area contributed by atoms with Crippen molar-refractivity contribution in [3.8, 4) is 0 Å². The fraction of sp³-hybridized carbons (Fsp3) is 0.600. The molecule has 1 aliphatic rings. The first-order valence-corrected chi connectivity index (χ1v) is 16.3. The van der Waals surface area contributed by atoms with Crippen LogP contribution in [0.4, 0.5) is 0 Å². The normalized spacial score (nSPS) is 19.4. The molecule has 1 rings (SSSR count). The zero-order valence-corrected chi connectivity index (χ0v) is 28.6. The van der Waals surface area contributed by atoms with Crippen LogP contribution in [-0.4, -0.2) is 11.2 Å². The molecule has 0 saturated carbocycles. The minimum atomic E-state index is -0.208. The van der Waals surface area contributed by atoms with Gasteiger partial charge in [0.25, 0.3) is 0 Å². The van der Waals surface area contributed by atoms with Gasteiger partial charge in [0.15, 0.2) is 0 Å². The average molecular weight is 561 g/mol. The van der Waals surface area contributed by atoms with Crippen molar-refractivity contribution < 1.29 is 5.11 Å². The molecule has 0 aromatic heterocycles. The molecule has 0 spiro atoms. The molecule has 0 bridgehead atoms. The van der Waals surface area contributed by atoms with Gasteiger partial charge in [-0.25, -0.2) is 0 Å². The molecule has 0 amide bonds. The summed E-state index contributed by atoms with van der Waals surface area (Å²) < 4.78 is 0. The summed E-state index contributed by atoms with van der Waals surface area (Å²) >= 11 is 0. The number of aliphatic hydroxyl groups is 1. The van der Waals surface area contributed by atoms with E-state index in [4.69, 9.17) is 0 Å². The van der Waals surface area contributed by atoms with Gasteiger partial charge < -0.3 is 5.11 Å². The number of hydrogen-bond acceptors (Lipinski definition) is 1. The van der Waals surface area contributed by atoms with Crippen LogP contribution in [0.3, 0.4) is 0 Å². The summed E-state index contributed by atoms with van der Waals surface area (Å²) in [6.07, 6.45) is 31.5. The molecule has 0 aliphatic heterocycles. The van der Waals surface area contributed by atoms with Crippen LogP contribution < -0.4 is 0 Å². The topological polar surface area (TPSA) is 20.2 Å². The Labute approximate surface area is 255 Å². The summed E-state index contributed by atoms with van der Waals surface area (Å²) in [7, 11) is 0. The van der Waals surface area contributed by atoms with Gasteiger partial charge in [-0.1, -0.05) is 107 Å². The van der Waals surface area contributed by atoms with Crippen molar-refractivity contribution in [2.24, 2.45) is 5.41 Å². The van der Waals surface area contributed by atoms with Gasteiger partial charge in [0.2, 0.25) is 0 Å². The minimum Gasteiger partial charge on any atom is -0.392 e. The molecule has 1 atom stereocenters. The third-order valence-electron chi connectivity index (χ3n) is 8.75. The van der Waals surface area contributed by atoms with Crippen LogP contribution >= 0.6 is 0 Å². The lowest BCUT2D eigenvalue weighted by atomic mass is 9.69. The summed E-state index contributed by atoms with van der Waals surface area (Å²) in [6, 6.07) is 0. The highest BCUT2D eigenvalue weighted by Gasteiger charge is 2.35. The van der Waals surface area contributed by atoms with Gasteiger partial charge in [0.05, 0.1) is 6.10 Å². The number of aliphatic hydroxyl groups excluding tert-OH is 1. The molecule has 230 valence electrons. The van der Waals surface area contributed by atoms with Crippen molar-refractivity contribution in [3.63, 3.8) is 0 Å².